The lowest BCUT2D eigenvalue weighted by Crippen LogP contribution is -2.46. The predicted octanol–water partition coefficient (Wildman–Crippen LogP) is 4.07. The van der Waals surface area contributed by atoms with Crippen LogP contribution in [0.5, 0.6) is 0 Å². The Labute approximate surface area is 131 Å². The van der Waals surface area contributed by atoms with Crippen molar-refractivity contribution in [1.29, 1.82) is 0 Å². The van der Waals surface area contributed by atoms with Gasteiger partial charge < -0.3 is 10.3 Å². The van der Waals surface area contributed by atoms with Crippen LogP contribution in [-0.2, 0) is 0 Å². The zero-order chi connectivity index (χ0) is 14.8. The van der Waals surface area contributed by atoms with E-state index >= 15 is 0 Å². The maximum absolute atomic E-state index is 4.73. The molecule has 2 aromatic rings. The van der Waals surface area contributed by atoms with Crippen LogP contribution in [0.2, 0.25) is 0 Å². The average molecular weight is 303 g/mol. The van der Waals surface area contributed by atoms with Crippen LogP contribution < -0.4 is 5.32 Å². The lowest BCUT2D eigenvalue weighted by Gasteiger charge is -2.39. The Bertz CT molecular complexity index is 561. The largest absolute Gasteiger partial charge is 0.333 e. The fourth-order valence-corrected chi connectivity index (χ4v) is 4.90. The van der Waals surface area contributed by atoms with Crippen molar-refractivity contribution >= 4 is 22.8 Å². The van der Waals surface area contributed by atoms with Gasteiger partial charge in [-0.05, 0) is 43.4 Å². The van der Waals surface area contributed by atoms with Crippen molar-refractivity contribution in [1.82, 2.24) is 15.3 Å². The predicted molar refractivity (Wildman–Crippen MR) is 90.8 cm³/mol. The van der Waals surface area contributed by atoms with Crippen LogP contribution in [0.1, 0.15) is 33.6 Å². The molecule has 1 fully saturated rings. The fourth-order valence-electron chi connectivity index (χ4n) is 3.60. The molecule has 1 aromatic heterocycles. The number of benzene rings is 1. The van der Waals surface area contributed by atoms with Gasteiger partial charge in [-0.3, -0.25) is 0 Å². The summed E-state index contributed by atoms with van der Waals surface area (Å²) in [4.78, 5) is 8.20. The summed E-state index contributed by atoms with van der Waals surface area (Å²) in [5, 5.41) is 5.35. The van der Waals surface area contributed by atoms with Gasteiger partial charge >= 0.3 is 0 Å². The third-order valence-corrected chi connectivity index (χ3v) is 5.95. The molecule has 114 valence electrons. The summed E-state index contributed by atoms with van der Waals surface area (Å²) in [6.45, 7) is 8.01. The summed E-state index contributed by atoms with van der Waals surface area (Å²) in [5.41, 5.74) is 2.20. The second-order valence-corrected chi connectivity index (χ2v) is 7.53. The van der Waals surface area contributed by atoms with Gasteiger partial charge in [-0.1, -0.05) is 44.7 Å². The SMILES string of the molecule is CCNC1CC(C)CC(C)C1Sc1nc2ccccc2[nH]1. The Hall–Kier alpha value is -1.00. The number of para-hydroxylation sites is 2. The van der Waals surface area contributed by atoms with Crippen LogP contribution in [0, 0.1) is 11.8 Å². The van der Waals surface area contributed by atoms with Gasteiger partial charge in [-0.25, -0.2) is 4.98 Å². The van der Waals surface area contributed by atoms with Gasteiger partial charge in [-0.15, -0.1) is 0 Å². The third kappa shape index (κ3) is 3.27. The quantitative estimate of drug-likeness (QED) is 0.894. The molecular formula is C17H25N3S. The molecule has 1 aliphatic rings. The summed E-state index contributed by atoms with van der Waals surface area (Å²) in [5.74, 6) is 1.53. The van der Waals surface area contributed by atoms with Crippen molar-refractivity contribution in [2.45, 2.75) is 50.1 Å². The zero-order valence-corrected chi connectivity index (χ0v) is 13.9. The van der Waals surface area contributed by atoms with Crippen molar-refractivity contribution in [3.8, 4) is 0 Å². The Morgan fingerprint density at radius 3 is 2.86 bits per heavy atom. The van der Waals surface area contributed by atoms with E-state index in [4.69, 9.17) is 4.98 Å². The highest BCUT2D eigenvalue weighted by Crippen LogP contribution is 2.39. The number of hydrogen-bond donors (Lipinski definition) is 2. The smallest absolute Gasteiger partial charge is 0.166 e. The van der Waals surface area contributed by atoms with Crippen molar-refractivity contribution in [2.24, 2.45) is 11.8 Å². The summed E-state index contributed by atoms with van der Waals surface area (Å²) >= 11 is 1.92. The van der Waals surface area contributed by atoms with E-state index in [2.05, 4.69) is 49.3 Å². The second-order valence-electron chi connectivity index (χ2n) is 6.36. The molecule has 4 atom stereocenters. The average Bonchev–Trinajstić information content (AvgIpc) is 2.85. The topological polar surface area (TPSA) is 40.7 Å². The number of aromatic amines is 1. The lowest BCUT2D eigenvalue weighted by atomic mass is 9.80. The molecule has 0 aliphatic heterocycles. The minimum atomic E-state index is 0.590. The maximum Gasteiger partial charge on any atom is 0.166 e. The fraction of sp³-hybridized carbons (Fsp3) is 0.588. The zero-order valence-electron chi connectivity index (χ0n) is 13.1. The Morgan fingerprint density at radius 2 is 2.10 bits per heavy atom. The summed E-state index contributed by atoms with van der Waals surface area (Å²) in [7, 11) is 0. The van der Waals surface area contributed by atoms with Gasteiger partial charge in [0, 0.05) is 11.3 Å². The van der Waals surface area contributed by atoms with E-state index in [1.165, 1.54) is 12.8 Å². The lowest BCUT2D eigenvalue weighted by molar-refractivity contribution is 0.251. The van der Waals surface area contributed by atoms with Gasteiger partial charge in [0.15, 0.2) is 5.16 Å². The molecule has 1 heterocycles. The van der Waals surface area contributed by atoms with Crippen LogP contribution in [-0.4, -0.2) is 27.8 Å². The Kier molecular flexibility index (Phi) is 4.55. The van der Waals surface area contributed by atoms with Crippen molar-refractivity contribution < 1.29 is 0 Å². The minimum absolute atomic E-state index is 0.590. The highest BCUT2D eigenvalue weighted by Gasteiger charge is 2.34. The molecule has 1 saturated carbocycles. The number of aromatic nitrogens is 2. The molecule has 4 heteroatoms. The molecule has 0 radical (unpaired) electrons. The number of thioether (sulfide) groups is 1. The highest BCUT2D eigenvalue weighted by atomic mass is 32.2. The number of rotatable bonds is 4. The van der Waals surface area contributed by atoms with E-state index in [9.17, 15) is 0 Å². The summed E-state index contributed by atoms with van der Waals surface area (Å²) in [6.07, 6.45) is 2.59. The Morgan fingerprint density at radius 1 is 1.29 bits per heavy atom. The molecule has 2 N–H and O–H groups in total. The van der Waals surface area contributed by atoms with Crippen LogP contribution in [0.4, 0.5) is 0 Å². The number of imidazole rings is 1. The van der Waals surface area contributed by atoms with E-state index in [-0.39, 0.29) is 0 Å². The summed E-state index contributed by atoms with van der Waals surface area (Å²) in [6, 6.07) is 8.86. The molecular weight excluding hydrogens is 278 g/mol. The van der Waals surface area contributed by atoms with Gasteiger partial charge in [0.1, 0.15) is 0 Å². The van der Waals surface area contributed by atoms with E-state index in [0.29, 0.717) is 11.3 Å². The normalized spacial score (nSPS) is 29.9. The standard InChI is InChI=1S/C17H25N3S/c1-4-18-15-10-11(2)9-12(3)16(15)21-17-19-13-7-5-6-8-14(13)20-17/h5-8,11-12,15-16,18H,4,9-10H2,1-3H3,(H,19,20). The van der Waals surface area contributed by atoms with E-state index < -0.39 is 0 Å². The molecule has 3 rings (SSSR count). The van der Waals surface area contributed by atoms with E-state index in [0.717, 1.165) is 34.6 Å². The third-order valence-electron chi connectivity index (χ3n) is 4.47. The van der Waals surface area contributed by atoms with E-state index in [1.807, 2.05) is 17.8 Å². The van der Waals surface area contributed by atoms with Gasteiger partial charge in [0.05, 0.1) is 11.0 Å². The number of nitrogens with one attached hydrogen (secondary N) is 2. The van der Waals surface area contributed by atoms with Crippen LogP contribution >= 0.6 is 11.8 Å². The second kappa shape index (κ2) is 6.41. The van der Waals surface area contributed by atoms with Crippen molar-refractivity contribution in [3.63, 3.8) is 0 Å². The first-order valence-electron chi connectivity index (χ1n) is 8.02. The number of H-pyrrole nitrogens is 1. The van der Waals surface area contributed by atoms with Crippen molar-refractivity contribution in [3.05, 3.63) is 24.3 Å². The van der Waals surface area contributed by atoms with Gasteiger partial charge in [0.25, 0.3) is 0 Å². The maximum atomic E-state index is 4.73. The molecule has 0 bridgehead atoms. The Balaban J connectivity index is 1.80. The van der Waals surface area contributed by atoms with E-state index in [1.54, 1.807) is 0 Å². The highest BCUT2D eigenvalue weighted by molar-refractivity contribution is 7.99. The molecule has 0 spiro atoms. The molecule has 0 saturated heterocycles. The van der Waals surface area contributed by atoms with Crippen LogP contribution in [0.15, 0.2) is 29.4 Å². The van der Waals surface area contributed by atoms with Crippen LogP contribution in [0.3, 0.4) is 0 Å². The number of fused-ring (bicyclic) bond motifs is 1. The minimum Gasteiger partial charge on any atom is -0.333 e. The summed E-state index contributed by atoms with van der Waals surface area (Å²) < 4.78 is 0. The molecule has 0 amide bonds. The number of nitrogens with zero attached hydrogens (tertiary/aromatic N) is 1. The van der Waals surface area contributed by atoms with Crippen molar-refractivity contribution in [2.75, 3.05) is 6.54 Å². The first kappa shape index (κ1) is 14.9. The van der Waals surface area contributed by atoms with Gasteiger partial charge in [-0.2, -0.15) is 0 Å². The molecule has 3 nitrogen and oxygen atoms in total. The first-order chi connectivity index (χ1) is 10.2. The number of hydrogen-bond acceptors (Lipinski definition) is 3. The molecule has 21 heavy (non-hydrogen) atoms. The molecule has 1 aliphatic carbocycles. The first-order valence-corrected chi connectivity index (χ1v) is 8.90. The van der Waals surface area contributed by atoms with Gasteiger partial charge in [0.2, 0.25) is 0 Å². The molecule has 4 unspecified atom stereocenters. The monoisotopic (exact) mass is 303 g/mol. The molecule has 1 aromatic carbocycles. The van der Waals surface area contributed by atoms with Crippen LogP contribution in [0.25, 0.3) is 11.0 Å².